The van der Waals surface area contributed by atoms with E-state index in [9.17, 15) is 4.79 Å². The highest BCUT2D eigenvalue weighted by Crippen LogP contribution is 2.21. The fourth-order valence-corrected chi connectivity index (χ4v) is 2.80. The first-order chi connectivity index (χ1) is 8.66. The molecule has 0 atom stereocenters. The standard InChI is InChI=1S/C13H25N3O2/c1-15(12-4-2-11(14)3-5-12)10-13(17)16-6-8-18-9-7-16/h11-12H,2-10,14H2,1H3. The van der Waals surface area contributed by atoms with Gasteiger partial charge in [0.05, 0.1) is 19.8 Å². The Labute approximate surface area is 109 Å². The third kappa shape index (κ3) is 3.67. The average Bonchev–Trinajstić information content (AvgIpc) is 2.40. The van der Waals surface area contributed by atoms with Crippen molar-refractivity contribution in [3.05, 3.63) is 0 Å². The molecule has 5 heteroatoms. The van der Waals surface area contributed by atoms with E-state index >= 15 is 0 Å². The van der Waals surface area contributed by atoms with E-state index in [1.807, 2.05) is 4.90 Å². The molecule has 104 valence electrons. The molecule has 0 spiro atoms. The van der Waals surface area contributed by atoms with Crippen LogP contribution in [0.5, 0.6) is 0 Å². The molecule has 2 fully saturated rings. The molecule has 1 saturated heterocycles. The Morgan fingerprint density at radius 1 is 1.28 bits per heavy atom. The van der Waals surface area contributed by atoms with E-state index in [0.717, 1.165) is 38.8 Å². The number of likely N-dealkylation sites (N-methyl/N-ethyl adjacent to an activating group) is 1. The van der Waals surface area contributed by atoms with Crippen molar-refractivity contribution in [1.82, 2.24) is 9.80 Å². The molecule has 1 aliphatic heterocycles. The summed E-state index contributed by atoms with van der Waals surface area (Å²) in [5.74, 6) is 0.232. The molecule has 2 N–H and O–H groups in total. The van der Waals surface area contributed by atoms with Crippen LogP contribution in [0.25, 0.3) is 0 Å². The van der Waals surface area contributed by atoms with Gasteiger partial charge in [0.2, 0.25) is 5.91 Å². The highest BCUT2D eigenvalue weighted by atomic mass is 16.5. The summed E-state index contributed by atoms with van der Waals surface area (Å²) >= 11 is 0. The van der Waals surface area contributed by atoms with Gasteiger partial charge < -0.3 is 15.4 Å². The fourth-order valence-electron chi connectivity index (χ4n) is 2.80. The van der Waals surface area contributed by atoms with Gasteiger partial charge in [-0.05, 0) is 32.7 Å². The second kappa shape index (κ2) is 6.50. The normalized spacial score (nSPS) is 29.6. The number of morpholine rings is 1. The zero-order valence-corrected chi connectivity index (χ0v) is 11.3. The Bertz CT molecular complexity index is 271. The highest BCUT2D eigenvalue weighted by Gasteiger charge is 2.25. The van der Waals surface area contributed by atoms with Crippen LogP contribution >= 0.6 is 0 Å². The van der Waals surface area contributed by atoms with E-state index in [-0.39, 0.29) is 5.91 Å². The fraction of sp³-hybridized carbons (Fsp3) is 0.923. The van der Waals surface area contributed by atoms with Gasteiger partial charge in [-0.15, -0.1) is 0 Å². The molecule has 2 rings (SSSR count). The minimum absolute atomic E-state index is 0.232. The SMILES string of the molecule is CN(CC(=O)N1CCOCC1)C1CCC(N)CC1. The summed E-state index contributed by atoms with van der Waals surface area (Å²) < 4.78 is 5.26. The van der Waals surface area contributed by atoms with Gasteiger partial charge in [-0.1, -0.05) is 0 Å². The van der Waals surface area contributed by atoms with Gasteiger partial charge in [0, 0.05) is 25.2 Å². The molecule has 1 saturated carbocycles. The zero-order chi connectivity index (χ0) is 13.0. The molecule has 0 aromatic rings. The molecule has 18 heavy (non-hydrogen) atoms. The molecule has 0 unspecified atom stereocenters. The molecular weight excluding hydrogens is 230 g/mol. The predicted molar refractivity (Wildman–Crippen MR) is 70.3 cm³/mol. The third-order valence-electron chi connectivity index (χ3n) is 4.11. The van der Waals surface area contributed by atoms with Crippen LogP contribution in [0, 0.1) is 0 Å². The lowest BCUT2D eigenvalue weighted by atomic mass is 9.91. The number of nitrogens with zero attached hydrogens (tertiary/aromatic N) is 2. The van der Waals surface area contributed by atoms with Crippen LogP contribution in [0.15, 0.2) is 0 Å². The van der Waals surface area contributed by atoms with Crippen molar-refractivity contribution >= 4 is 5.91 Å². The van der Waals surface area contributed by atoms with Gasteiger partial charge >= 0.3 is 0 Å². The maximum atomic E-state index is 12.1. The van der Waals surface area contributed by atoms with Crippen molar-refractivity contribution in [3.8, 4) is 0 Å². The topological polar surface area (TPSA) is 58.8 Å². The van der Waals surface area contributed by atoms with Gasteiger partial charge in [0.25, 0.3) is 0 Å². The van der Waals surface area contributed by atoms with E-state index in [1.165, 1.54) is 0 Å². The van der Waals surface area contributed by atoms with E-state index in [0.29, 0.717) is 31.8 Å². The Morgan fingerprint density at radius 2 is 1.89 bits per heavy atom. The van der Waals surface area contributed by atoms with E-state index in [2.05, 4.69) is 11.9 Å². The average molecular weight is 255 g/mol. The second-order valence-electron chi connectivity index (χ2n) is 5.48. The van der Waals surface area contributed by atoms with Crippen molar-refractivity contribution in [2.45, 2.75) is 37.8 Å². The first kappa shape index (κ1) is 13.8. The summed E-state index contributed by atoms with van der Waals surface area (Å²) in [5, 5.41) is 0. The van der Waals surface area contributed by atoms with Gasteiger partial charge in [-0.25, -0.2) is 0 Å². The van der Waals surface area contributed by atoms with Crippen LogP contribution in [0.1, 0.15) is 25.7 Å². The van der Waals surface area contributed by atoms with Gasteiger partial charge in [-0.2, -0.15) is 0 Å². The van der Waals surface area contributed by atoms with Crippen LogP contribution in [0.3, 0.4) is 0 Å². The summed E-state index contributed by atoms with van der Waals surface area (Å²) in [7, 11) is 2.06. The number of rotatable bonds is 3. The minimum Gasteiger partial charge on any atom is -0.378 e. The first-order valence-electron chi connectivity index (χ1n) is 6.98. The Balaban J connectivity index is 1.75. The molecule has 0 aromatic carbocycles. The van der Waals surface area contributed by atoms with Gasteiger partial charge in [0.1, 0.15) is 0 Å². The minimum atomic E-state index is 0.232. The lowest BCUT2D eigenvalue weighted by molar-refractivity contribution is -0.136. The number of nitrogens with two attached hydrogens (primary N) is 1. The lowest BCUT2D eigenvalue weighted by Crippen LogP contribution is -2.48. The number of hydrogen-bond donors (Lipinski definition) is 1. The van der Waals surface area contributed by atoms with Crippen molar-refractivity contribution in [3.63, 3.8) is 0 Å². The van der Waals surface area contributed by atoms with Crippen LogP contribution in [-0.2, 0) is 9.53 Å². The molecular formula is C13H25N3O2. The number of ether oxygens (including phenoxy) is 1. The summed E-state index contributed by atoms with van der Waals surface area (Å²) in [6, 6.07) is 0.888. The largest absolute Gasteiger partial charge is 0.378 e. The molecule has 0 radical (unpaired) electrons. The van der Waals surface area contributed by atoms with Crippen molar-refractivity contribution in [2.24, 2.45) is 5.73 Å². The van der Waals surface area contributed by atoms with Crippen LogP contribution < -0.4 is 5.73 Å². The van der Waals surface area contributed by atoms with E-state index < -0.39 is 0 Å². The van der Waals surface area contributed by atoms with Crippen LogP contribution in [-0.4, -0.2) is 67.7 Å². The Hall–Kier alpha value is -0.650. The Morgan fingerprint density at radius 3 is 2.50 bits per heavy atom. The van der Waals surface area contributed by atoms with Crippen LogP contribution in [0.4, 0.5) is 0 Å². The van der Waals surface area contributed by atoms with Crippen molar-refractivity contribution < 1.29 is 9.53 Å². The molecule has 1 aliphatic carbocycles. The van der Waals surface area contributed by atoms with E-state index in [4.69, 9.17) is 10.5 Å². The molecule has 2 aliphatic rings. The van der Waals surface area contributed by atoms with Gasteiger partial charge in [0.15, 0.2) is 0 Å². The smallest absolute Gasteiger partial charge is 0.236 e. The number of hydrogen-bond acceptors (Lipinski definition) is 4. The number of amides is 1. The van der Waals surface area contributed by atoms with Crippen molar-refractivity contribution in [2.75, 3.05) is 39.9 Å². The predicted octanol–water partition coefficient (Wildman–Crippen LogP) is 0.0469. The van der Waals surface area contributed by atoms with Crippen molar-refractivity contribution in [1.29, 1.82) is 0 Å². The highest BCUT2D eigenvalue weighted by molar-refractivity contribution is 5.78. The molecule has 0 aromatic heterocycles. The third-order valence-corrected chi connectivity index (χ3v) is 4.11. The van der Waals surface area contributed by atoms with Crippen LogP contribution in [0.2, 0.25) is 0 Å². The van der Waals surface area contributed by atoms with Gasteiger partial charge in [-0.3, -0.25) is 9.69 Å². The summed E-state index contributed by atoms with van der Waals surface area (Å²) in [4.78, 5) is 16.2. The number of carbonyl (C=O) groups excluding carboxylic acids is 1. The maximum Gasteiger partial charge on any atom is 0.236 e. The Kier molecular flexibility index (Phi) is 4.97. The lowest BCUT2D eigenvalue weighted by Gasteiger charge is -2.35. The summed E-state index contributed by atoms with van der Waals surface area (Å²) in [6.45, 7) is 3.35. The first-order valence-corrected chi connectivity index (χ1v) is 6.98. The number of carbonyl (C=O) groups is 1. The molecule has 1 heterocycles. The molecule has 5 nitrogen and oxygen atoms in total. The molecule has 1 amide bonds. The maximum absolute atomic E-state index is 12.1. The quantitative estimate of drug-likeness (QED) is 0.774. The monoisotopic (exact) mass is 255 g/mol. The van der Waals surface area contributed by atoms with E-state index in [1.54, 1.807) is 0 Å². The molecule has 0 bridgehead atoms. The second-order valence-corrected chi connectivity index (χ2v) is 5.48. The summed E-state index contributed by atoms with van der Waals surface area (Å²) in [6.07, 6.45) is 4.41. The zero-order valence-electron chi connectivity index (χ0n) is 11.3. The summed E-state index contributed by atoms with van der Waals surface area (Å²) in [5.41, 5.74) is 5.91.